The highest BCUT2D eigenvalue weighted by atomic mass is 35.5. The lowest BCUT2D eigenvalue weighted by atomic mass is 9.98. The predicted octanol–water partition coefficient (Wildman–Crippen LogP) is 3.18. The summed E-state index contributed by atoms with van der Waals surface area (Å²) in [7, 11) is -7.83. The van der Waals surface area contributed by atoms with Gasteiger partial charge in [-0.2, -0.15) is 18.3 Å². The van der Waals surface area contributed by atoms with Gasteiger partial charge in [-0.05, 0) is 44.7 Å². The zero-order chi connectivity index (χ0) is 28.7. The van der Waals surface area contributed by atoms with E-state index < -0.39 is 49.9 Å². The Balaban J connectivity index is 2.02. The van der Waals surface area contributed by atoms with Crippen LogP contribution in [0.1, 0.15) is 39.0 Å². The molecule has 16 heteroatoms. The van der Waals surface area contributed by atoms with E-state index in [1.165, 1.54) is 30.1 Å². The molecule has 0 radical (unpaired) electrons. The lowest BCUT2D eigenvalue weighted by Crippen LogP contribution is -2.44. The van der Waals surface area contributed by atoms with E-state index in [-0.39, 0.29) is 51.5 Å². The molecule has 0 saturated carbocycles. The molecule has 0 spiro atoms. The summed E-state index contributed by atoms with van der Waals surface area (Å²) in [6.45, 7) is 4.77. The summed E-state index contributed by atoms with van der Waals surface area (Å²) in [5.74, 6) is -2.21. The van der Waals surface area contributed by atoms with E-state index in [4.69, 9.17) is 11.6 Å². The smallest absolute Gasteiger partial charge is 0.427 e. The average Bonchev–Trinajstić information content (AvgIpc) is 3.19. The number of fused-ring (bicyclic) bond motifs is 1. The summed E-state index contributed by atoms with van der Waals surface area (Å²) in [5, 5.41) is 3.68. The third kappa shape index (κ3) is 6.42. The Kier molecular flexibility index (Phi) is 8.45. The number of aryl methyl sites for hydroxylation is 1. The van der Waals surface area contributed by atoms with Crippen LogP contribution in [0.25, 0.3) is 0 Å². The minimum atomic E-state index is -4.79. The molecule has 1 atom stereocenters. The fraction of sp³-hybridized carbons (Fsp3) is 0.591. The molecule has 0 aromatic carbocycles. The largest absolute Gasteiger partial charge is 0.450 e. The van der Waals surface area contributed by atoms with Crippen molar-refractivity contribution in [2.24, 2.45) is 5.92 Å². The monoisotopic (exact) mass is 600 g/mol. The Morgan fingerprint density at radius 2 is 1.87 bits per heavy atom. The third-order valence-electron chi connectivity index (χ3n) is 6.09. The van der Waals surface area contributed by atoms with Gasteiger partial charge in [0.05, 0.1) is 23.6 Å². The Labute approximate surface area is 224 Å². The van der Waals surface area contributed by atoms with Crippen LogP contribution in [0.2, 0.25) is 5.15 Å². The minimum Gasteiger partial charge on any atom is -0.450 e. The molecule has 2 aromatic heterocycles. The topological polar surface area (TPSA) is 129 Å². The number of pyridine rings is 1. The van der Waals surface area contributed by atoms with E-state index in [2.05, 4.69) is 14.8 Å². The van der Waals surface area contributed by atoms with Crippen molar-refractivity contribution in [1.29, 1.82) is 0 Å². The molecule has 0 bridgehead atoms. The molecule has 2 aromatic rings. The van der Waals surface area contributed by atoms with Crippen LogP contribution in [0, 0.1) is 5.92 Å². The average molecular weight is 601 g/mol. The maximum atomic E-state index is 13.7. The number of rotatable bonds is 9. The molecule has 38 heavy (non-hydrogen) atoms. The second-order valence-electron chi connectivity index (χ2n) is 9.41. The van der Waals surface area contributed by atoms with Gasteiger partial charge < -0.3 is 4.74 Å². The molecule has 3 heterocycles. The molecule has 0 aliphatic carbocycles. The molecule has 0 N–H and O–H groups in total. The van der Waals surface area contributed by atoms with E-state index in [9.17, 15) is 34.8 Å². The predicted molar refractivity (Wildman–Crippen MR) is 133 cm³/mol. The van der Waals surface area contributed by atoms with Crippen LogP contribution in [0.3, 0.4) is 0 Å². The zero-order valence-electron chi connectivity index (χ0n) is 21.1. The van der Waals surface area contributed by atoms with Gasteiger partial charge in [-0.1, -0.05) is 18.5 Å². The Bertz CT molecular complexity index is 1420. The van der Waals surface area contributed by atoms with Crippen LogP contribution < -0.4 is 4.31 Å². The van der Waals surface area contributed by atoms with Gasteiger partial charge in [-0.15, -0.1) is 0 Å². The van der Waals surface area contributed by atoms with Crippen molar-refractivity contribution in [2.75, 3.05) is 22.4 Å². The van der Waals surface area contributed by atoms with Gasteiger partial charge in [-0.3, -0.25) is 18.8 Å². The molecular formula is C22H28ClF3N4O6S2. The van der Waals surface area contributed by atoms with Gasteiger partial charge in [0.25, 0.3) is 10.0 Å². The summed E-state index contributed by atoms with van der Waals surface area (Å²) < 4.78 is 98.3. The molecule has 0 unspecified atom stereocenters. The van der Waals surface area contributed by atoms with Gasteiger partial charge in [0.1, 0.15) is 14.7 Å². The number of sulfone groups is 1. The van der Waals surface area contributed by atoms with E-state index in [1.807, 2.05) is 0 Å². The first-order valence-electron chi connectivity index (χ1n) is 11.6. The van der Waals surface area contributed by atoms with E-state index in [0.717, 1.165) is 18.2 Å². The molecule has 1 aliphatic heterocycles. The first-order valence-corrected chi connectivity index (χ1v) is 15.3. The van der Waals surface area contributed by atoms with Gasteiger partial charge in [0, 0.05) is 31.2 Å². The van der Waals surface area contributed by atoms with Gasteiger partial charge in [0.15, 0.2) is 5.15 Å². The number of carbonyl (C=O) groups excluding carboxylic acids is 1. The van der Waals surface area contributed by atoms with Crippen LogP contribution in [0.4, 0.5) is 18.9 Å². The number of anilines is 1. The van der Waals surface area contributed by atoms with Crippen molar-refractivity contribution in [3.8, 4) is 0 Å². The normalized spacial score (nSPS) is 16.8. The summed E-state index contributed by atoms with van der Waals surface area (Å²) in [6, 6.07) is 1.32. The highest BCUT2D eigenvalue weighted by Crippen LogP contribution is 2.37. The van der Waals surface area contributed by atoms with Crippen LogP contribution in [0.5, 0.6) is 0 Å². The Morgan fingerprint density at radius 3 is 2.42 bits per heavy atom. The first kappa shape index (κ1) is 30.2. The van der Waals surface area contributed by atoms with Gasteiger partial charge >= 0.3 is 12.1 Å². The highest BCUT2D eigenvalue weighted by Gasteiger charge is 2.50. The number of carbonyl (C=O) groups is 1. The summed E-state index contributed by atoms with van der Waals surface area (Å²) in [4.78, 5) is 16.2. The number of alkyl halides is 3. The fourth-order valence-electron chi connectivity index (χ4n) is 3.86. The van der Waals surface area contributed by atoms with E-state index >= 15 is 0 Å². The quantitative estimate of drug-likeness (QED) is 0.402. The maximum absolute atomic E-state index is 13.7. The zero-order valence-corrected chi connectivity index (χ0v) is 23.5. The molecule has 10 nitrogen and oxygen atoms in total. The van der Waals surface area contributed by atoms with Gasteiger partial charge in [0.2, 0.25) is 5.60 Å². The molecule has 0 fully saturated rings. The molecular weight excluding hydrogens is 573 g/mol. The van der Waals surface area contributed by atoms with Crippen LogP contribution >= 0.6 is 11.6 Å². The lowest BCUT2D eigenvalue weighted by Gasteiger charge is -2.34. The lowest BCUT2D eigenvalue weighted by molar-refractivity contribution is -0.257. The van der Waals surface area contributed by atoms with Gasteiger partial charge in [-0.25, -0.2) is 16.8 Å². The van der Waals surface area contributed by atoms with Crippen LogP contribution in [0.15, 0.2) is 23.4 Å². The maximum Gasteiger partial charge on any atom is 0.427 e. The number of aromatic nitrogens is 3. The fourth-order valence-corrected chi connectivity index (χ4v) is 7.04. The van der Waals surface area contributed by atoms with Crippen molar-refractivity contribution < 1.29 is 39.5 Å². The standard InChI is InChI=1S/C22H28ClF3N4O6S2/c1-5-29-12-18(20(23)28-29)38(34,35)30-11-15(13-37(32,33)6-2)7-16-17(30)8-14(10-27-16)9-19(31)36-21(3,4)22(24,25)26/h8,10,12,15H,5-7,9,11,13H2,1-4H3/t15-/m1/s1. The van der Waals surface area contributed by atoms with Crippen molar-refractivity contribution >= 4 is 43.1 Å². The first-order chi connectivity index (χ1) is 17.4. The number of sulfonamides is 1. The number of ether oxygens (including phenoxy) is 1. The number of hydrogen-bond donors (Lipinski definition) is 0. The molecule has 0 amide bonds. The molecule has 1 aliphatic rings. The summed E-state index contributed by atoms with van der Waals surface area (Å²) >= 11 is 6.12. The van der Waals surface area contributed by atoms with Crippen molar-refractivity contribution in [3.05, 3.63) is 34.9 Å². The second-order valence-corrected chi connectivity index (χ2v) is 14.0. The van der Waals surface area contributed by atoms with Crippen molar-refractivity contribution in [3.63, 3.8) is 0 Å². The second kappa shape index (κ2) is 10.6. The number of nitrogens with zero attached hydrogens (tertiary/aromatic N) is 4. The van der Waals surface area contributed by atoms with Crippen LogP contribution in [-0.2, 0) is 48.8 Å². The van der Waals surface area contributed by atoms with E-state index in [0.29, 0.717) is 6.54 Å². The SMILES string of the molecule is CCn1cc(S(=O)(=O)N2C[C@H](CS(=O)(=O)CC)Cc3ncc(CC(=O)OC(C)(C)C(F)(F)F)cc32)c(Cl)n1. The van der Waals surface area contributed by atoms with Crippen molar-refractivity contribution in [1.82, 2.24) is 14.8 Å². The summed E-state index contributed by atoms with van der Waals surface area (Å²) in [6.07, 6.45) is -2.79. The van der Waals surface area contributed by atoms with Crippen LogP contribution in [-0.4, -0.2) is 67.4 Å². The van der Waals surface area contributed by atoms with E-state index in [1.54, 1.807) is 6.92 Å². The Hall–Kier alpha value is -2.39. The Morgan fingerprint density at radius 1 is 1.21 bits per heavy atom. The highest BCUT2D eigenvalue weighted by molar-refractivity contribution is 7.93. The molecule has 0 saturated heterocycles. The third-order valence-corrected chi connectivity index (χ3v) is 10.1. The summed E-state index contributed by atoms with van der Waals surface area (Å²) in [5.41, 5.74) is -2.30. The number of hydrogen-bond acceptors (Lipinski definition) is 8. The van der Waals surface area contributed by atoms with Crippen molar-refractivity contribution in [2.45, 2.75) is 63.8 Å². The minimum absolute atomic E-state index is 0.0656. The number of halogens is 4. The molecule has 3 rings (SSSR count). The molecule has 212 valence electrons. The number of esters is 1.